The van der Waals surface area contributed by atoms with Crippen molar-refractivity contribution < 1.29 is 52.8 Å². The molecule has 5 aliphatic rings. The summed E-state index contributed by atoms with van der Waals surface area (Å²) in [5.41, 5.74) is -5.79. The molecular formula is C35H46FNO10S. The van der Waals surface area contributed by atoms with Crippen LogP contribution in [0.3, 0.4) is 0 Å². The van der Waals surface area contributed by atoms with E-state index in [2.05, 4.69) is 0 Å². The molecule has 1 saturated heterocycles. The summed E-state index contributed by atoms with van der Waals surface area (Å²) in [4.78, 5) is 75.1. The van der Waals surface area contributed by atoms with Crippen molar-refractivity contribution in [2.45, 2.75) is 94.8 Å². The van der Waals surface area contributed by atoms with Gasteiger partial charge in [-0.1, -0.05) is 25.5 Å². The number of fused-ring (bicyclic) bond motifs is 5. The molecule has 2 N–H and O–H groups in total. The summed E-state index contributed by atoms with van der Waals surface area (Å²) < 4.78 is 28.0. The number of hydrogen-bond donors (Lipinski definition) is 2. The van der Waals surface area contributed by atoms with E-state index >= 15 is 4.39 Å². The highest BCUT2D eigenvalue weighted by molar-refractivity contribution is 8.00. The normalized spacial score (nSPS) is 38.7. The van der Waals surface area contributed by atoms with Crippen LogP contribution in [-0.2, 0) is 38.2 Å². The highest BCUT2D eigenvalue weighted by Gasteiger charge is 2.75. The second-order valence-corrected chi connectivity index (χ2v) is 15.8. The minimum Gasteiger partial charge on any atom is -0.458 e. The van der Waals surface area contributed by atoms with Crippen molar-refractivity contribution in [1.82, 2.24) is 4.90 Å². The zero-order chi connectivity index (χ0) is 35.2. The first kappa shape index (κ1) is 36.5. The summed E-state index contributed by atoms with van der Waals surface area (Å²) >= 11 is 1.33. The maximum atomic E-state index is 17.3. The average Bonchev–Trinajstić information content (AvgIpc) is 3.40. The Bertz CT molecular complexity index is 1450. The number of halogens is 1. The zero-order valence-corrected chi connectivity index (χ0v) is 28.8. The number of imide groups is 1. The molecule has 4 aliphatic carbocycles. The minimum absolute atomic E-state index is 0.0689. The standard InChI is InChI=1S/C35H46FNO10S/c1-20-15-25-24-7-5-21-16-23(39)9-11-32(21,2)34(24,36)27(40)18-33(25,3)35(20,45)28(41)19-47-30(43)8-6-22(38)10-12-46-13-14-48-26-17-29(42)37(4)31(26)44/h9,11,16,20,24-27,40,45H,5-8,10,12-15,17-19H2,1-4H3/t20-,24-,25-,26?,27-,32-,33-,34-,35-/m0/s1. The van der Waals surface area contributed by atoms with Crippen LogP contribution in [0.4, 0.5) is 4.39 Å². The first-order valence-corrected chi connectivity index (χ1v) is 17.8. The molecule has 1 heterocycles. The van der Waals surface area contributed by atoms with Crippen LogP contribution in [0.1, 0.15) is 72.1 Å². The second-order valence-electron chi connectivity index (χ2n) is 14.5. The Morgan fingerprint density at radius 3 is 2.52 bits per heavy atom. The van der Waals surface area contributed by atoms with Crippen molar-refractivity contribution in [3.8, 4) is 0 Å². The fourth-order valence-corrected chi connectivity index (χ4v) is 10.3. The van der Waals surface area contributed by atoms with E-state index in [0.717, 1.165) is 4.90 Å². The SMILES string of the molecule is C[C@H]1C[C@H]2[C@@H]3CCC4=CC(=O)C=C[C@]4(C)[C@@]3(F)[C@@H](O)C[C@]2(C)[C@@]1(O)C(=O)COC(=O)CCC(=O)CCOCCSC1CC(=O)N(C)C1=O. The molecule has 0 spiro atoms. The number of esters is 1. The van der Waals surface area contributed by atoms with Crippen LogP contribution in [0.5, 0.6) is 0 Å². The second kappa shape index (κ2) is 13.5. The van der Waals surface area contributed by atoms with Gasteiger partial charge in [0.1, 0.15) is 11.4 Å². The lowest BCUT2D eigenvalue weighted by Gasteiger charge is -2.62. The monoisotopic (exact) mass is 691 g/mol. The number of thioether (sulfide) groups is 1. The predicted octanol–water partition coefficient (Wildman–Crippen LogP) is 2.69. The third kappa shape index (κ3) is 5.92. The van der Waals surface area contributed by atoms with Gasteiger partial charge in [0.05, 0.1) is 31.0 Å². The summed E-state index contributed by atoms with van der Waals surface area (Å²) in [6, 6.07) is 0. The molecule has 1 unspecified atom stereocenters. The summed E-state index contributed by atoms with van der Waals surface area (Å²) in [5, 5.41) is 23.1. The maximum absolute atomic E-state index is 17.3. The molecule has 13 heteroatoms. The number of aliphatic hydroxyl groups is 2. The average molecular weight is 692 g/mol. The number of aliphatic hydroxyl groups excluding tert-OH is 1. The number of Topliss-reactive ketones (excluding diaryl/α,β-unsaturated/α-hetero) is 2. The number of ether oxygens (including phenoxy) is 2. The van der Waals surface area contributed by atoms with Gasteiger partial charge in [-0.25, -0.2) is 4.39 Å². The molecule has 3 saturated carbocycles. The molecule has 0 aromatic carbocycles. The van der Waals surface area contributed by atoms with Crippen molar-refractivity contribution in [3.05, 3.63) is 23.8 Å². The zero-order valence-electron chi connectivity index (χ0n) is 28.0. The number of alkyl halides is 1. The predicted molar refractivity (Wildman–Crippen MR) is 172 cm³/mol. The van der Waals surface area contributed by atoms with Crippen LogP contribution in [0.15, 0.2) is 23.8 Å². The molecule has 0 aromatic rings. The third-order valence-corrected chi connectivity index (χ3v) is 13.2. The fourth-order valence-electron chi connectivity index (χ4n) is 9.22. The Morgan fingerprint density at radius 1 is 1.10 bits per heavy atom. The van der Waals surface area contributed by atoms with Gasteiger partial charge < -0.3 is 19.7 Å². The van der Waals surface area contributed by atoms with Gasteiger partial charge in [0, 0.05) is 48.8 Å². The molecule has 48 heavy (non-hydrogen) atoms. The van der Waals surface area contributed by atoms with Crippen LogP contribution in [-0.4, -0.2) is 105 Å². The van der Waals surface area contributed by atoms with Crippen molar-refractivity contribution in [1.29, 1.82) is 0 Å². The van der Waals surface area contributed by atoms with Crippen LogP contribution in [0.2, 0.25) is 0 Å². The Balaban J connectivity index is 1.09. The molecule has 0 radical (unpaired) electrons. The van der Waals surface area contributed by atoms with E-state index in [0.29, 0.717) is 37.2 Å². The number of amides is 2. The fraction of sp³-hybridized carbons (Fsp3) is 0.714. The highest BCUT2D eigenvalue weighted by Crippen LogP contribution is 2.70. The molecule has 0 bridgehead atoms. The van der Waals surface area contributed by atoms with Gasteiger partial charge in [-0.3, -0.25) is 33.7 Å². The summed E-state index contributed by atoms with van der Waals surface area (Å²) in [6.07, 6.45) is 3.71. The first-order chi connectivity index (χ1) is 22.5. The summed E-state index contributed by atoms with van der Waals surface area (Å²) in [6.45, 7) is 4.86. The van der Waals surface area contributed by atoms with E-state index in [4.69, 9.17) is 9.47 Å². The number of hydrogen-bond acceptors (Lipinski definition) is 11. The van der Waals surface area contributed by atoms with E-state index in [1.54, 1.807) is 26.8 Å². The van der Waals surface area contributed by atoms with Gasteiger partial charge in [0.2, 0.25) is 17.6 Å². The Morgan fingerprint density at radius 2 is 1.83 bits per heavy atom. The quantitative estimate of drug-likeness (QED) is 0.166. The lowest BCUT2D eigenvalue weighted by molar-refractivity contribution is -0.220. The van der Waals surface area contributed by atoms with Gasteiger partial charge in [-0.15, -0.1) is 11.8 Å². The topological polar surface area (TPSA) is 165 Å². The van der Waals surface area contributed by atoms with E-state index in [1.807, 2.05) is 0 Å². The first-order valence-electron chi connectivity index (χ1n) is 16.7. The number of carbonyl (C=O) groups excluding carboxylic acids is 6. The van der Waals surface area contributed by atoms with Crippen molar-refractivity contribution in [2.75, 3.05) is 32.6 Å². The highest BCUT2D eigenvalue weighted by atomic mass is 32.2. The number of allylic oxidation sites excluding steroid dienone is 4. The lowest BCUT2D eigenvalue weighted by Crippen LogP contribution is -2.69. The smallest absolute Gasteiger partial charge is 0.306 e. The molecule has 264 valence electrons. The molecule has 0 aromatic heterocycles. The largest absolute Gasteiger partial charge is 0.458 e. The summed E-state index contributed by atoms with van der Waals surface area (Å²) in [5.74, 6) is -3.57. The summed E-state index contributed by atoms with van der Waals surface area (Å²) in [7, 11) is 1.46. The molecule has 1 aliphatic heterocycles. The van der Waals surface area contributed by atoms with E-state index in [-0.39, 0.29) is 62.1 Å². The Labute approximate surface area is 284 Å². The molecule has 11 nitrogen and oxygen atoms in total. The van der Waals surface area contributed by atoms with Crippen LogP contribution in [0.25, 0.3) is 0 Å². The van der Waals surface area contributed by atoms with Crippen LogP contribution < -0.4 is 0 Å². The van der Waals surface area contributed by atoms with Gasteiger partial charge >= 0.3 is 5.97 Å². The van der Waals surface area contributed by atoms with Crippen molar-refractivity contribution >= 4 is 46.9 Å². The van der Waals surface area contributed by atoms with Crippen LogP contribution >= 0.6 is 11.8 Å². The number of likely N-dealkylation sites (tertiary alicyclic amines) is 1. The minimum atomic E-state index is -2.09. The van der Waals surface area contributed by atoms with E-state index < -0.39 is 69.6 Å². The van der Waals surface area contributed by atoms with Crippen molar-refractivity contribution in [3.63, 3.8) is 0 Å². The lowest BCUT2D eigenvalue weighted by atomic mass is 9.44. The van der Waals surface area contributed by atoms with Gasteiger partial charge in [0.15, 0.2) is 18.1 Å². The third-order valence-electron chi connectivity index (χ3n) is 12.0. The van der Waals surface area contributed by atoms with Crippen LogP contribution in [0, 0.1) is 28.6 Å². The number of carbonyl (C=O) groups is 6. The molecular weight excluding hydrogens is 645 g/mol. The molecule has 2 amide bonds. The number of rotatable bonds is 13. The maximum Gasteiger partial charge on any atom is 0.306 e. The number of nitrogens with zero attached hydrogens (tertiary/aromatic N) is 1. The molecule has 9 atom stereocenters. The van der Waals surface area contributed by atoms with Crippen molar-refractivity contribution in [2.24, 2.45) is 28.6 Å². The Hall–Kier alpha value is -2.74. The van der Waals surface area contributed by atoms with Gasteiger partial charge in [-0.2, -0.15) is 0 Å². The Kier molecular flexibility index (Phi) is 10.3. The molecule has 5 rings (SSSR count). The van der Waals surface area contributed by atoms with E-state index in [9.17, 15) is 39.0 Å². The number of ketones is 3. The van der Waals surface area contributed by atoms with E-state index in [1.165, 1.54) is 31.0 Å². The molecule has 4 fully saturated rings. The van der Waals surface area contributed by atoms with Gasteiger partial charge in [-0.05, 0) is 56.6 Å². The van der Waals surface area contributed by atoms with Gasteiger partial charge in [0.25, 0.3) is 0 Å².